The third-order valence-electron chi connectivity index (χ3n) is 4.81. The highest BCUT2D eigenvalue weighted by atomic mass is 32.1. The van der Waals surface area contributed by atoms with Gasteiger partial charge in [-0.2, -0.15) is 0 Å². The van der Waals surface area contributed by atoms with Gasteiger partial charge in [0, 0.05) is 17.8 Å². The summed E-state index contributed by atoms with van der Waals surface area (Å²) in [6, 6.07) is 9.92. The Bertz CT molecular complexity index is 977. The number of aryl methyl sites for hydroxylation is 1. The summed E-state index contributed by atoms with van der Waals surface area (Å²) in [4.78, 5) is 13.8. The van der Waals surface area contributed by atoms with E-state index in [4.69, 9.17) is 0 Å². The van der Waals surface area contributed by atoms with Crippen molar-refractivity contribution >= 4 is 28.9 Å². The number of thiophene rings is 1. The number of benzene rings is 1. The molecule has 0 spiro atoms. The first-order valence-electron chi connectivity index (χ1n) is 9.41. The highest BCUT2D eigenvalue weighted by Gasteiger charge is 2.17. The fourth-order valence-electron chi connectivity index (χ4n) is 3.34. The third-order valence-corrected chi connectivity index (χ3v) is 5.71. The maximum atomic E-state index is 13.2. The standard InChI is InChI=1S/C21H21FN4OS/c22-16-9-7-15(8-10-16)13-17(18-5-4-12-28-18)21(27)23-14-20-25-24-19-6-2-1-3-11-26(19)20/h4-5,7-10,12-13H,1-3,6,11,14H2,(H,23,27)/b17-13+. The largest absolute Gasteiger partial charge is 0.345 e. The van der Waals surface area contributed by atoms with Gasteiger partial charge in [-0.05, 0) is 48.1 Å². The minimum Gasteiger partial charge on any atom is -0.345 e. The lowest BCUT2D eigenvalue weighted by atomic mass is 10.1. The quantitative estimate of drug-likeness (QED) is 0.662. The first-order valence-corrected chi connectivity index (χ1v) is 10.3. The third kappa shape index (κ3) is 4.20. The van der Waals surface area contributed by atoms with Gasteiger partial charge in [0.05, 0.1) is 12.1 Å². The molecule has 0 aliphatic carbocycles. The molecule has 5 nitrogen and oxygen atoms in total. The summed E-state index contributed by atoms with van der Waals surface area (Å²) in [5.74, 6) is 1.31. The summed E-state index contributed by atoms with van der Waals surface area (Å²) in [6.07, 6.45) is 6.15. The summed E-state index contributed by atoms with van der Waals surface area (Å²) in [5.41, 5.74) is 1.33. The van der Waals surface area contributed by atoms with Crippen LogP contribution in [-0.2, 0) is 24.3 Å². The molecule has 0 bridgehead atoms. The SMILES string of the molecule is O=C(NCc1nnc2n1CCCCC2)/C(=C/c1ccc(F)cc1)c1cccs1. The molecule has 3 heterocycles. The van der Waals surface area contributed by atoms with Crippen molar-refractivity contribution in [3.8, 4) is 0 Å². The van der Waals surface area contributed by atoms with Gasteiger partial charge in [0.1, 0.15) is 11.6 Å². The Kier molecular flexibility index (Phi) is 5.62. The lowest BCUT2D eigenvalue weighted by Crippen LogP contribution is -2.25. The van der Waals surface area contributed by atoms with Crippen LogP contribution in [0.4, 0.5) is 4.39 Å². The summed E-state index contributed by atoms with van der Waals surface area (Å²) < 4.78 is 15.3. The van der Waals surface area contributed by atoms with Crippen LogP contribution in [0, 0.1) is 5.82 Å². The molecule has 0 unspecified atom stereocenters. The molecule has 4 rings (SSSR count). The van der Waals surface area contributed by atoms with Crippen LogP contribution in [0.3, 0.4) is 0 Å². The molecular weight excluding hydrogens is 375 g/mol. The van der Waals surface area contributed by atoms with Crippen molar-refractivity contribution in [1.29, 1.82) is 0 Å². The molecule has 7 heteroatoms. The van der Waals surface area contributed by atoms with Crippen molar-refractivity contribution in [2.45, 2.75) is 38.8 Å². The zero-order valence-corrected chi connectivity index (χ0v) is 16.2. The Balaban J connectivity index is 1.54. The number of hydrogen-bond acceptors (Lipinski definition) is 4. The van der Waals surface area contributed by atoms with Crippen molar-refractivity contribution in [2.75, 3.05) is 0 Å². The highest BCUT2D eigenvalue weighted by Crippen LogP contribution is 2.23. The zero-order valence-electron chi connectivity index (χ0n) is 15.4. The predicted octanol–water partition coefficient (Wildman–Crippen LogP) is 4.06. The summed E-state index contributed by atoms with van der Waals surface area (Å²) in [7, 11) is 0. The second-order valence-electron chi connectivity index (χ2n) is 6.76. The van der Waals surface area contributed by atoms with Gasteiger partial charge in [-0.25, -0.2) is 4.39 Å². The Morgan fingerprint density at radius 3 is 2.82 bits per heavy atom. The number of rotatable bonds is 5. The maximum Gasteiger partial charge on any atom is 0.253 e. The lowest BCUT2D eigenvalue weighted by molar-refractivity contribution is -0.115. The van der Waals surface area contributed by atoms with Crippen LogP contribution in [0.15, 0.2) is 41.8 Å². The molecule has 1 amide bonds. The van der Waals surface area contributed by atoms with Gasteiger partial charge in [0.25, 0.3) is 5.91 Å². The molecule has 1 aliphatic heterocycles. The van der Waals surface area contributed by atoms with E-state index in [0.717, 1.165) is 47.9 Å². The topological polar surface area (TPSA) is 59.8 Å². The first kappa shape index (κ1) is 18.6. The molecule has 28 heavy (non-hydrogen) atoms. The number of halogens is 1. The second kappa shape index (κ2) is 8.48. The Labute approximate surface area is 166 Å². The van der Waals surface area contributed by atoms with Crippen LogP contribution in [0.2, 0.25) is 0 Å². The number of hydrogen-bond donors (Lipinski definition) is 1. The molecule has 0 saturated carbocycles. The number of nitrogens with one attached hydrogen (secondary N) is 1. The van der Waals surface area contributed by atoms with Crippen LogP contribution in [0.1, 0.15) is 41.4 Å². The molecule has 0 fully saturated rings. The van der Waals surface area contributed by atoms with Crippen molar-refractivity contribution in [3.05, 3.63) is 69.7 Å². The average Bonchev–Trinajstić information content (AvgIpc) is 3.31. The van der Waals surface area contributed by atoms with Gasteiger partial charge in [0.15, 0.2) is 5.82 Å². The molecule has 1 aromatic carbocycles. The van der Waals surface area contributed by atoms with Crippen molar-refractivity contribution in [1.82, 2.24) is 20.1 Å². The lowest BCUT2D eigenvalue weighted by Gasteiger charge is -2.10. The molecule has 1 N–H and O–H groups in total. The van der Waals surface area contributed by atoms with Crippen LogP contribution in [-0.4, -0.2) is 20.7 Å². The normalized spacial score (nSPS) is 14.4. The van der Waals surface area contributed by atoms with Crippen molar-refractivity contribution in [3.63, 3.8) is 0 Å². The van der Waals surface area contributed by atoms with E-state index in [1.807, 2.05) is 17.5 Å². The van der Waals surface area contributed by atoms with E-state index in [1.54, 1.807) is 18.2 Å². The summed E-state index contributed by atoms with van der Waals surface area (Å²) in [5, 5.41) is 13.5. The number of fused-ring (bicyclic) bond motifs is 1. The fraction of sp³-hybridized carbons (Fsp3) is 0.286. The Morgan fingerprint density at radius 2 is 2.04 bits per heavy atom. The Hall–Kier alpha value is -2.80. The van der Waals surface area contributed by atoms with Gasteiger partial charge in [-0.3, -0.25) is 4.79 Å². The number of aromatic nitrogens is 3. The average molecular weight is 396 g/mol. The molecular formula is C21H21FN4OS. The fourth-order valence-corrected chi connectivity index (χ4v) is 4.08. The minimum absolute atomic E-state index is 0.183. The first-order chi connectivity index (χ1) is 13.7. The Morgan fingerprint density at radius 1 is 1.18 bits per heavy atom. The summed E-state index contributed by atoms with van der Waals surface area (Å²) >= 11 is 1.49. The monoisotopic (exact) mass is 396 g/mol. The van der Waals surface area contributed by atoms with Gasteiger partial charge in [-0.15, -0.1) is 21.5 Å². The highest BCUT2D eigenvalue weighted by molar-refractivity contribution is 7.11. The number of carbonyl (C=O) groups excluding carboxylic acids is 1. The summed E-state index contributed by atoms with van der Waals surface area (Å²) in [6.45, 7) is 1.23. The smallest absolute Gasteiger partial charge is 0.253 e. The van der Waals surface area contributed by atoms with E-state index in [1.165, 1.54) is 29.9 Å². The number of amides is 1. The van der Waals surface area contributed by atoms with Gasteiger partial charge >= 0.3 is 0 Å². The van der Waals surface area contributed by atoms with E-state index < -0.39 is 0 Å². The van der Waals surface area contributed by atoms with E-state index in [-0.39, 0.29) is 11.7 Å². The molecule has 144 valence electrons. The van der Waals surface area contributed by atoms with Crippen LogP contribution in [0.25, 0.3) is 11.6 Å². The van der Waals surface area contributed by atoms with E-state index in [0.29, 0.717) is 12.1 Å². The molecule has 0 atom stereocenters. The number of nitrogens with zero attached hydrogens (tertiary/aromatic N) is 3. The minimum atomic E-state index is -0.299. The van der Waals surface area contributed by atoms with E-state index in [9.17, 15) is 9.18 Å². The van der Waals surface area contributed by atoms with E-state index in [2.05, 4.69) is 20.1 Å². The van der Waals surface area contributed by atoms with Crippen LogP contribution < -0.4 is 5.32 Å². The molecule has 1 aliphatic rings. The molecule has 0 saturated heterocycles. The van der Waals surface area contributed by atoms with E-state index >= 15 is 0 Å². The molecule has 3 aromatic rings. The van der Waals surface area contributed by atoms with Gasteiger partial charge < -0.3 is 9.88 Å². The van der Waals surface area contributed by atoms with Gasteiger partial charge in [0.2, 0.25) is 0 Å². The zero-order chi connectivity index (χ0) is 19.3. The maximum absolute atomic E-state index is 13.2. The van der Waals surface area contributed by atoms with Crippen molar-refractivity contribution in [2.24, 2.45) is 0 Å². The second-order valence-corrected chi connectivity index (χ2v) is 7.71. The van der Waals surface area contributed by atoms with Crippen LogP contribution >= 0.6 is 11.3 Å². The number of carbonyl (C=O) groups is 1. The van der Waals surface area contributed by atoms with Crippen molar-refractivity contribution < 1.29 is 9.18 Å². The molecule has 2 aromatic heterocycles. The van der Waals surface area contributed by atoms with Crippen LogP contribution in [0.5, 0.6) is 0 Å². The van der Waals surface area contributed by atoms with Gasteiger partial charge in [-0.1, -0.05) is 24.6 Å². The molecule has 0 radical (unpaired) electrons. The predicted molar refractivity (Wildman–Crippen MR) is 108 cm³/mol.